The first-order valence-electron chi connectivity index (χ1n) is 7.31. The monoisotopic (exact) mass is 299 g/mol. The molecule has 0 aromatic heterocycles. The van der Waals surface area contributed by atoms with Gasteiger partial charge in [0.2, 0.25) is 0 Å². The Morgan fingerprint density at radius 1 is 1.14 bits per heavy atom. The van der Waals surface area contributed by atoms with E-state index in [-0.39, 0.29) is 6.10 Å². The molecule has 0 unspecified atom stereocenters. The van der Waals surface area contributed by atoms with Gasteiger partial charge in [-0.15, -0.1) is 0 Å². The Kier molecular flexibility index (Phi) is 5.55. The van der Waals surface area contributed by atoms with E-state index in [1.54, 1.807) is 12.1 Å². The number of hydrogen-bond donors (Lipinski definition) is 2. The number of carbonyl (C=O) groups is 1. The summed E-state index contributed by atoms with van der Waals surface area (Å²) in [4.78, 5) is 10.8. The zero-order chi connectivity index (χ0) is 15.9. The van der Waals surface area contributed by atoms with Gasteiger partial charge in [-0.2, -0.15) is 0 Å². The number of aromatic carboxylic acids is 1. The van der Waals surface area contributed by atoms with Crippen LogP contribution in [0.4, 0.5) is 5.69 Å². The van der Waals surface area contributed by atoms with Gasteiger partial charge in [0.1, 0.15) is 0 Å². The summed E-state index contributed by atoms with van der Waals surface area (Å²) in [5.74, 6) is -0.905. The minimum absolute atomic E-state index is 0.212. The summed E-state index contributed by atoms with van der Waals surface area (Å²) in [6.07, 6.45) is 0.212. The lowest BCUT2D eigenvalue weighted by molar-refractivity contribution is 0.0657. The quantitative estimate of drug-likeness (QED) is 0.813. The van der Waals surface area contributed by atoms with E-state index in [0.717, 1.165) is 16.8 Å². The van der Waals surface area contributed by atoms with Crippen molar-refractivity contribution in [1.29, 1.82) is 0 Å². The fraction of sp³-hybridized carbons (Fsp3) is 0.278. The van der Waals surface area contributed by atoms with E-state index in [2.05, 4.69) is 11.4 Å². The van der Waals surface area contributed by atoms with Crippen LogP contribution in [0.15, 0.2) is 48.5 Å². The van der Waals surface area contributed by atoms with Crippen LogP contribution >= 0.6 is 0 Å². The molecule has 4 heteroatoms. The fourth-order valence-corrected chi connectivity index (χ4v) is 2.00. The van der Waals surface area contributed by atoms with Gasteiger partial charge in [0, 0.05) is 12.2 Å². The van der Waals surface area contributed by atoms with Gasteiger partial charge >= 0.3 is 5.97 Å². The van der Waals surface area contributed by atoms with Crippen LogP contribution in [0.5, 0.6) is 0 Å². The van der Waals surface area contributed by atoms with Gasteiger partial charge in [0.15, 0.2) is 0 Å². The minimum atomic E-state index is -0.905. The zero-order valence-corrected chi connectivity index (χ0v) is 12.9. The summed E-state index contributed by atoms with van der Waals surface area (Å²) in [6, 6.07) is 15.0. The van der Waals surface area contributed by atoms with Crippen LogP contribution in [0.1, 0.15) is 35.3 Å². The molecule has 22 heavy (non-hydrogen) atoms. The Hall–Kier alpha value is -2.33. The van der Waals surface area contributed by atoms with Crippen LogP contribution < -0.4 is 5.32 Å². The molecule has 0 saturated heterocycles. The molecule has 0 bridgehead atoms. The lowest BCUT2D eigenvalue weighted by Crippen LogP contribution is -2.04. The summed E-state index contributed by atoms with van der Waals surface area (Å²) in [5.41, 5.74) is 3.48. The minimum Gasteiger partial charge on any atom is -0.478 e. The highest BCUT2D eigenvalue weighted by Gasteiger charge is 2.02. The Balaban J connectivity index is 1.93. The standard InChI is InChI=1S/C18H21NO3/c1-13(2)22-12-15-4-3-5-17(10-15)19-11-14-6-8-16(9-7-14)18(20)21/h3-10,13,19H,11-12H2,1-2H3,(H,20,21). The molecule has 0 radical (unpaired) electrons. The molecule has 2 rings (SSSR count). The summed E-state index contributed by atoms with van der Waals surface area (Å²) in [5, 5.41) is 12.2. The van der Waals surface area contributed by atoms with Crippen molar-refractivity contribution in [3.05, 3.63) is 65.2 Å². The maximum absolute atomic E-state index is 10.8. The number of hydrogen-bond acceptors (Lipinski definition) is 3. The summed E-state index contributed by atoms with van der Waals surface area (Å²) in [7, 11) is 0. The highest BCUT2D eigenvalue weighted by Crippen LogP contribution is 2.14. The van der Waals surface area contributed by atoms with Crippen LogP contribution in [0, 0.1) is 0 Å². The van der Waals surface area contributed by atoms with Crippen LogP contribution in [-0.4, -0.2) is 17.2 Å². The molecule has 0 fully saturated rings. The number of ether oxygens (including phenoxy) is 1. The second-order valence-electron chi connectivity index (χ2n) is 5.42. The first kappa shape index (κ1) is 16.0. The second kappa shape index (κ2) is 7.61. The van der Waals surface area contributed by atoms with E-state index in [1.807, 2.05) is 44.2 Å². The molecule has 0 saturated carbocycles. The molecule has 4 nitrogen and oxygen atoms in total. The van der Waals surface area contributed by atoms with Crippen LogP contribution in [-0.2, 0) is 17.9 Å². The molecular weight excluding hydrogens is 278 g/mol. The van der Waals surface area contributed by atoms with Crippen molar-refractivity contribution in [2.24, 2.45) is 0 Å². The van der Waals surface area contributed by atoms with E-state index in [4.69, 9.17) is 9.84 Å². The van der Waals surface area contributed by atoms with Gasteiger partial charge in [-0.25, -0.2) is 4.79 Å². The predicted octanol–water partition coefficient (Wildman–Crippen LogP) is 3.92. The second-order valence-corrected chi connectivity index (χ2v) is 5.42. The van der Waals surface area contributed by atoms with Crippen molar-refractivity contribution < 1.29 is 14.6 Å². The van der Waals surface area contributed by atoms with Crippen molar-refractivity contribution in [3.63, 3.8) is 0 Å². The first-order chi connectivity index (χ1) is 10.5. The lowest BCUT2D eigenvalue weighted by atomic mass is 10.1. The molecule has 2 aromatic rings. The van der Waals surface area contributed by atoms with Crippen LogP contribution in [0.3, 0.4) is 0 Å². The number of carboxylic acid groups (broad SMARTS) is 1. The van der Waals surface area contributed by atoms with Crippen LogP contribution in [0.25, 0.3) is 0 Å². The van der Waals surface area contributed by atoms with Gasteiger partial charge in [-0.05, 0) is 49.2 Å². The van der Waals surface area contributed by atoms with Crippen molar-refractivity contribution in [2.75, 3.05) is 5.32 Å². The molecule has 0 aliphatic carbocycles. The predicted molar refractivity (Wildman–Crippen MR) is 87.1 cm³/mol. The van der Waals surface area contributed by atoms with Crippen molar-refractivity contribution in [3.8, 4) is 0 Å². The summed E-state index contributed by atoms with van der Waals surface area (Å²) >= 11 is 0. The van der Waals surface area contributed by atoms with Gasteiger partial charge in [0.05, 0.1) is 18.3 Å². The van der Waals surface area contributed by atoms with Crippen molar-refractivity contribution in [2.45, 2.75) is 33.1 Å². The van der Waals surface area contributed by atoms with Crippen LogP contribution in [0.2, 0.25) is 0 Å². The summed E-state index contributed by atoms with van der Waals surface area (Å²) < 4.78 is 5.60. The molecule has 0 aliphatic heterocycles. The largest absolute Gasteiger partial charge is 0.478 e. The third kappa shape index (κ3) is 4.90. The SMILES string of the molecule is CC(C)OCc1cccc(NCc2ccc(C(=O)O)cc2)c1. The Morgan fingerprint density at radius 2 is 1.86 bits per heavy atom. The van der Waals surface area contributed by atoms with Gasteiger partial charge in [0.25, 0.3) is 0 Å². The topological polar surface area (TPSA) is 58.6 Å². The molecule has 0 aliphatic rings. The summed E-state index contributed by atoms with van der Waals surface area (Å²) in [6.45, 7) is 5.28. The number of nitrogens with one attached hydrogen (secondary N) is 1. The maximum atomic E-state index is 10.8. The first-order valence-corrected chi connectivity index (χ1v) is 7.31. The molecule has 0 heterocycles. The van der Waals surface area contributed by atoms with Gasteiger partial charge in [-0.1, -0.05) is 24.3 Å². The third-order valence-corrected chi connectivity index (χ3v) is 3.21. The lowest BCUT2D eigenvalue weighted by Gasteiger charge is -2.11. The Morgan fingerprint density at radius 3 is 2.50 bits per heavy atom. The highest BCUT2D eigenvalue weighted by molar-refractivity contribution is 5.87. The zero-order valence-electron chi connectivity index (χ0n) is 12.9. The molecule has 2 aromatic carbocycles. The van der Waals surface area contributed by atoms with Crippen molar-refractivity contribution >= 4 is 11.7 Å². The smallest absolute Gasteiger partial charge is 0.335 e. The van der Waals surface area contributed by atoms with Gasteiger partial charge in [-0.3, -0.25) is 0 Å². The molecule has 116 valence electrons. The Bertz CT molecular complexity index is 620. The molecule has 0 atom stereocenters. The maximum Gasteiger partial charge on any atom is 0.335 e. The van der Waals surface area contributed by atoms with Gasteiger partial charge < -0.3 is 15.2 Å². The van der Waals surface area contributed by atoms with E-state index >= 15 is 0 Å². The number of carboxylic acids is 1. The normalized spacial score (nSPS) is 10.7. The number of benzene rings is 2. The fourth-order valence-electron chi connectivity index (χ4n) is 2.00. The molecule has 2 N–H and O–H groups in total. The Labute approximate surface area is 130 Å². The van der Waals surface area contributed by atoms with E-state index in [1.165, 1.54) is 0 Å². The van der Waals surface area contributed by atoms with E-state index in [0.29, 0.717) is 18.7 Å². The molecule has 0 amide bonds. The molecular formula is C18H21NO3. The highest BCUT2D eigenvalue weighted by atomic mass is 16.5. The average Bonchev–Trinajstić information content (AvgIpc) is 2.52. The average molecular weight is 299 g/mol. The third-order valence-electron chi connectivity index (χ3n) is 3.21. The number of rotatable bonds is 7. The van der Waals surface area contributed by atoms with E-state index in [9.17, 15) is 4.79 Å². The van der Waals surface area contributed by atoms with Crippen molar-refractivity contribution in [1.82, 2.24) is 0 Å². The number of anilines is 1. The molecule has 0 spiro atoms. The van der Waals surface area contributed by atoms with E-state index < -0.39 is 5.97 Å².